The molecule has 1 aromatic heterocycles. The van der Waals surface area contributed by atoms with Crippen LogP contribution in [-0.2, 0) is 17.7 Å². The molecule has 2 aromatic rings. The zero-order valence-corrected chi connectivity index (χ0v) is 19.1. The third-order valence-corrected chi connectivity index (χ3v) is 6.07. The molecule has 0 unspecified atom stereocenters. The van der Waals surface area contributed by atoms with E-state index < -0.39 is 0 Å². The number of methoxy groups -OCH3 is 1. The summed E-state index contributed by atoms with van der Waals surface area (Å²) in [6.07, 6.45) is 4.50. The number of nitrogens with zero attached hydrogens (tertiary/aromatic N) is 4. The van der Waals surface area contributed by atoms with E-state index in [1.807, 2.05) is 11.0 Å². The lowest BCUT2D eigenvalue weighted by atomic mass is 10.1. The lowest BCUT2D eigenvalue weighted by molar-refractivity contribution is 0.0790. The Bertz CT molecular complexity index is 924. The Morgan fingerprint density at radius 1 is 1.19 bits per heavy atom. The standard InChI is InChI=1S/C24H33N5O3/c1-18-5-6-19(22(15-18)31-2)16-25-8-7-21-20(23(30)28-9-3-4-10-28)17-26-24(27-21)29-11-13-32-14-12-29/h5-6,15,17,25H,3-4,7-14,16H2,1-2H3. The van der Waals surface area contributed by atoms with Gasteiger partial charge in [-0.2, -0.15) is 0 Å². The van der Waals surface area contributed by atoms with Gasteiger partial charge in [-0.05, 0) is 31.4 Å². The van der Waals surface area contributed by atoms with E-state index in [0.717, 1.165) is 56.0 Å². The number of anilines is 1. The van der Waals surface area contributed by atoms with Gasteiger partial charge in [-0.15, -0.1) is 0 Å². The second kappa shape index (κ2) is 10.7. The van der Waals surface area contributed by atoms with Crippen molar-refractivity contribution < 1.29 is 14.3 Å². The second-order valence-electron chi connectivity index (χ2n) is 8.37. The van der Waals surface area contributed by atoms with Crippen LogP contribution in [0.25, 0.3) is 0 Å². The smallest absolute Gasteiger partial charge is 0.257 e. The van der Waals surface area contributed by atoms with Crippen molar-refractivity contribution in [2.24, 2.45) is 0 Å². The van der Waals surface area contributed by atoms with Gasteiger partial charge in [-0.25, -0.2) is 9.97 Å². The first-order valence-corrected chi connectivity index (χ1v) is 11.5. The number of ether oxygens (including phenoxy) is 2. The fraction of sp³-hybridized carbons (Fsp3) is 0.542. The number of morpholine rings is 1. The van der Waals surface area contributed by atoms with Gasteiger partial charge >= 0.3 is 0 Å². The van der Waals surface area contributed by atoms with E-state index in [9.17, 15) is 4.79 Å². The van der Waals surface area contributed by atoms with Crippen LogP contribution < -0.4 is 15.0 Å². The van der Waals surface area contributed by atoms with Crippen LogP contribution >= 0.6 is 0 Å². The molecule has 172 valence electrons. The molecule has 2 saturated heterocycles. The fourth-order valence-corrected chi connectivity index (χ4v) is 4.21. The van der Waals surface area contributed by atoms with E-state index in [4.69, 9.17) is 14.5 Å². The average molecular weight is 440 g/mol. The molecule has 0 bridgehead atoms. The highest BCUT2D eigenvalue weighted by Gasteiger charge is 2.24. The Labute approximate surface area is 189 Å². The average Bonchev–Trinajstić information content (AvgIpc) is 3.37. The lowest BCUT2D eigenvalue weighted by Gasteiger charge is -2.27. The number of aryl methyl sites for hydroxylation is 1. The topological polar surface area (TPSA) is 79.8 Å². The third-order valence-electron chi connectivity index (χ3n) is 6.07. The summed E-state index contributed by atoms with van der Waals surface area (Å²) >= 11 is 0. The Morgan fingerprint density at radius 2 is 1.97 bits per heavy atom. The van der Waals surface area contributed by atoms with E-state index >= 15 is 0 Å². The first-order valence-electron chi connectivity index (χ1n) is 11.5. The van der Waals surface area contributed by atoms with Crippen LogP contribution in [0, 0.1) is 6.92 Å². The van der Waals surface area contributed by atoms with Gasteiger partial charge in [0.05, 0.1) is 31.6 Å². The van der Waals surface area contributed by atoms with Gasteiger partial charge in [0.15, 0.2) is 0 Å². The van der Waals surface area contributed by atoms with Crippen molar-refractivity contribution in [2.75, 3.05) is 57.9 Å². The van der Waals surface area contributed by atoms with Crippen molar-refractivity contribution in [3.05, 3.63) is 46.8 Å². The van der Waals surface area contributed by atoms with Gasteiger partial charge < -0.3 is 24.6 Å². The minimum Gasteiger partial charge on any atom is -0.496 e. The second-order valence-corrected chi connectivity index (χ2v) is 8.37. The van der Waals surface area contributed by atoms with Crippen LogP contribution in [0.3, 0.4) is 0 Å². The molecule has 0 radical (unpaired) electrons. The Hall–Kier alpha value is -2.71. The van der Waals surface area contributed by atoms with Crippen LogP contribution in [0.1, 0.15) is 40.0 Å². The molecule has 4 rings (SSSR count). The molecular formula is C24H33N5O3. The summed E-state index contributed by atoms with van der Waals surface area (Å²) in [7, 11) is 1.70. The largest absolute Gasteiger partial charge is 0.496 e. The zero-order valence-electron chi connectivity index (χ0n) is 19.1. The number of amides is 1. The van der Waals surface area contributed by atoms with Gasteiger partial charge in [-0.1, -0.05) is 12.1 Å². The van der Waals surface area contributed by atoms with E-state index in [1.165, 1.54) is 5.56 Å². The van der Waals surface area contributed by atoms with Gasteiger partial charge in [0, 0.05) is 57.4 Å². The molecule has 1 aromatic carbocycles. The number of benzene rings is 1. The fourth-order valence-electron chi connectivity index (χ4n) is 4.21. The minimum atomic E-state index is 0.0474. The first kappa shape index (κ1) is 22.5. The molecule has 0 spiro atoms. The molecule has 0 atom stereocenters. The lowest BCUT2D eigenvalue weighted by Crippen LogP contribution is -2.38. The summed E-state index contributed by atoms with van der Waals surface area (Å²) in [5.41, 5.74) is 3.72. The number of carbonyl (C=O) groups excluding carboxylic acids is 1. The van der Waals surface area contributed by atoms with Crippen LogP contribution in [0.15, 0.2) is 24.4 Å². The molecule has 8 heteroatoms. The number of carbonyl (C=O) groups is 1. The predicted molar refractivity (Wildman–Crippen MR) is 123 cm³/mol. The number of likely N-dealkylation sites (tertiary alicyclic amines) is 1. The summed E-state index contributed by atoms with van der Waals surface area (Å²) in [4.78, 5) is 26.5. The van der Waals surface area contributed by atoms with Crippen LogP contribution in [-0.4, -0.2) is 73.8 Å². The molecule has 2 aliphatic heterocycles. The van der Waals surface area contributed by atoms with Crippen molar-refractivity contribution >= 4 is 11.9 Å². The molecule has 2 aliphatic rings. The molecule has 32 heavy (non-hydrogen) atoms. The minimum absolute atomic E-state index is 0.0474. The number of aromatic nitrogens is 2. The first-order chi connectivity index (χ1) is 15.7. The van der Waals surface area contributed by atoms with Gasteiger partial charge in [0.25, 0.3) is 5.91 Å². The molecule has 8 nitrogen and oxygen atoms in total. The number of nitrogens with one attached hydrogen (secondary N) is 1. The van der Waals surface area contributed by atoms with Crippen LogP contribution in [0.2, 0.25) is 0 Å². The SMILES string of the molecule is COc1cc(C)ccc1CNCCc1nc(N2CCOCC2)ncc1C(=O)N1CCCC1. The zero-order chi connectivity index (χ0) is 22.3. The molecule has 0 saturated carbocycles. The highest BCUT2D eigenvalue weighted by Crippen LogP contribution is 2.20. The van der Waals surface area contributed by atoms with Crippen molar-refractivity contribution in [1.82, 2.24) is 20.2 Å². The Kier molecular flexibility index (Phi) is 7.55. The molecule has 2 fully saturated rings. The van der Waals surface area contributed by atoms with Crippen LogP contribution in [0.5, 0.6) is 5.75 Å². The normalized spacial score (nSPS) is 16.4. The van der Waals surface area contributed by atoms with Gasteiger partial charge in [0.1, 0.15) is 5.75 Å². The maximum absolute atomic E-state index is 13.1. The van der Waals surface area contributed by atoms with Crippen molar-refractivity contribution in [3.63, 3.8) is 0 Å². The molecule has 3 heterocycles. The monoisotopic (exact) mass is 439 g/mol. The number of rotatable bonds is 8. The van der Waals surface area contributed by atoms with E-state index in [-0.39, 0.29) is 5.91 Å². The third kappa shape index (κ3) is 5.37. The number of hydrogen-bond acceptors (Lipinski definition) is 7. The molecule has 1 N–H and O–H groups in total. The summed E-state index contributed by atoms with van der Waals surface area (Å²) in [5, 5.41) is 3.48. The summed E-state index contributed by atoms with van der Waals surface area (Å²) in [6.45, 7) is 7.97. The summed E-state index contributed by atoms with van der Waals surface area (Å²) in [5.74, 6) is 1.62. The van der Waals surface area contributed by atoms with E-state index in [0.29, 0.717) is 44.2 Å². The Morgan fingerprint density at radius 3 is 2.72 bits per heavy atom. The van der Waals surface area contributed by atoms with Gasteiger partial charge in [-0.3, -0.25) is 4.79 Å². The van der Waals surface area contributed by atoms with Crippen LogP contribution in [0.4, 0.5) is 5.95 Å². The van der Waals surface area contributed by atoms with E-state index in [2.05, 4.69) is 34.3 Å². The number of hydrogen-bond donors (Lipinski definition) is 1. The Balaban J connectivity index is 1.46. The molecular weight excluding hydrogens is 406 g/mol. The maximum Gasteiger partial charge on any atom is 0.257 e. The predicted octanol–water partition coefficient (Wildman–Crippen LogP) is 2.20. The molecule has 1 amide bonds. The highest BCUT2D eigenvalue weighted by atomic mass is 16.5. The van der Waals surface area contributed by atoms with Gasteiger partial charge in [0.2, 0.25) is 5.95 Å². The van der Waals surface area contributed by atoms with Crippen molar-refractivity contribution in [3.8, 4) is 5.75 Å². The summed E-state index contributed by atoms with van der Waals surface area (Å²) in [6, 6.07) is 6.22. The highest BCUT2D eigenvalue weighted by molar-refractivity contribution is 5.95. The van der Waals surface area contributed by atoms with Crippen molar-refractivity contribution in [2.45, 2.75) is 32.7 Å². The maximum atomic E-state index is 13.1. The van der Waals surface area contributed by atoms with E-state index in [1.54, 1.807) is 13.3 Å². The van der Waals surface area contributed by atoms with Crippen molar-refractivity contribution in [1.29, 1.82) is 0 Å². The quantitative estimate of drug-likeness (QED) is 0.632. The summed E-state index contributed by atoms with van der Waals surface area (Å²) < 4.78 is 11.0. The molecule has 0 aliphatic carbocycles.